The van der Waals surface area contributed by atoms with Crippen LogP contribution in [0.15, 0.2) is 48.7 Å². The summed E-state index contributed by atoms with van der Waals surface area (Å²) >= 11 is 6.06. The second kappa shape index (κ2) is 8.44. The molecule has 144 valence electrons. The Hall–Kier alpha value is -2.86. The van der Waals surface area contributed by atoms with Gasteiger partial charge in [-0.25, -0.2) is 4.98 Å². The van der Waals surface area contributed by atoms with E-state index in [0.29, 0.717) is 34.2 Å². The smallest absolute Gasteiger partial charge is 0.225 e. The summed E-state index contributed by atoms with van der Waals surface area (Å²) in [6, 6.07) is 12.7. The first kappa shape index (κ1) is 18.5. The molecule has 0 atom stereocenters. The fourth-order valence-electron chi connectivity index (χ4n) is 3.40. The Bertz CT molecular complexity index is 945. The van der Waals surface area contributed by atoms with Crippen LogP contribution in [0.5, 0.6) is 5.75 Å². The molecule has 28 heavy (non-hydrogen) atoms. The number of rotatable bonds is 5. The van der Waals surface area contributed by atoms with Gasteiger partial charge in [0, 0.05) is 23.3 Å². The van der Waals surface area contributed by atoms with Crippen LogP contribution in [0, 0.1) is 0 Å². The van der Waals surface area contributed by atoms with Gasteiger partial charge < -0.3 is 15.7 Å². The molecule has 2 aromatic heterocycles. The number of pyridine rings is 1. The molecule has 0 unspecified atom stereocenters. The highest BCUT2D eigenvalue weighted by Crippen LogP contribution is 2.31. The number of phenols is 1. The normalized spacial score (nSPS) is 14.6. The number of hydrogen-bond acceptors (Lipinski definition) is 6. The highest BCUT2D eigenvalue weighted by atomic mass is 35.5. The van der Waals surface area contributed by atoms with Crippen LogP contribution < -0.4 is 10.6 Å². The number of hydrogen-bond donors (Lipinski definition) is 3. The van der Waals surface area contributed by atoms with Crippen molar-refractivity contribution in [2.75, 3.05) is 10.6 Å². The van der Waals surface area contributed by atoms with Crippen molar-refractivity contribution in [1.29, 1.82) is 0 Å². The van der Waals surface area contributed by atoms with Crippen molar-refractivity contribution in [3.05, 3.63) is 53.7 Å². The lowest BCUT2D eigenvalue weighted by atomic mass is 9.96. The Morgan fingerprint density at radius 3 is 2.61 bits per heavy atom. The molecular formula is C21H22ClN5O. The van der Waals surface area contributed by atoms with Gasteiger partial charge in [-0.1, -0.05) is 36.9 Å². The molecule has 3 N–H and O–H groups in total. The van der Waals surface area contributed by atoms with Crippen LogP contribution in [0.25, 0.3) is 11.4 Å². The first-order chi connectivity index (χ1) is 13.7. The maximum Gasteiger partial charge on any atom is 0.225 e. The van der Waals surface area contributed by atoms with Crippen LogP contribution in [-0.2, 0) is 0 Å². The lowest BCUT2D eigenvalue weighted by Crippen LogP contribution is -2.23. The van der Waals surface area contributed by atoms with Gasteiger partial charge in [0.2, 0.25) is 5.95 Å². The SMILES string of the molecule is Oc1ccc(Cl)cc1Nc1cc(-c2ccccn2)nc(NC2CCCCC2)n1. The average molecular weight is 396 g/mol. The summed E-state index contributed by atoms with van der Waals surface area (Å²) in [6.45, 7) is 0. The lowest BCUT2D eigenvalue weighted by molar-refractivity contribution is 0.461. The molecular weight excluding hydrogens is 374 g/mol. The summed E-state index contributed by atoms with van der Waals surface area (Å²) in [4.78, 5) is 13.7. The zero-order valence-corrected chi connectivity index (χ0v) is 16.2. The minimum Gasteiger partial charge on any atom is -0.506 e. The van der Waals surface area contributed by atoms with Gasteiger partial charge in [-0.2, -0.15) is 4.98 Å². The molecule has 6 nitrogen and oxygen atoms in total. The van der Waals surface area contributed by atoms with E-state index in [1.54, 1.807) is 24.4 Å². The molecule has 0 aliphatic heterocycles. The molecule has 0 saturated heterocycles. The maximum atomic E-state index is 10.1. The van der Waals surface area contributed by atoms with Crippen LogP contribution in [0.3, 0.4) is 0 Å². The summed E-state index contributed by atoms with van der Waals surface area (Å²) in [5.41, 5.74) is 1.95. The maximum absolute atomic E-state index is 10.1. The number of nitrogens with one attached hydrogen (secondary N) is 2. The monoisotopic (exact) mass is 395 g/mol. The van der Waals surface area contributed by atoms with E-state index in [-0.39, 0.29) is 5.75 Å². The van der Waals surface area contributed by atoms with E-state index in [0.717, 1.165) is 18.5 Å². The molecule has 4 rings (SSSR count). The average Bonchev–Trinajstić information content (AvgIpc) is 2.72. The molecule has 3 aromatic rings. The molecule has 0 spiro atoms. The topological polar surface area (TPSA) is 83.0 Å². The van der Waals surface area contributed by atoms with Crippen molar-refractivity contribution in [3.63, 3.8) is 0 Å². The first-order valence-electron chi connectivity index (χ1n) is 9.50. The van der Waals surface area contributed by atoms with E-state index < -0.39 is 0 Å². The van der Waals surface area contributed by atoms with Crippen LogP contribution in [0.4, 0.5) is 17.5 Å². The second-order valence-corrected chi connectivity index (χ2v) is 7.38. The highest BCUT2D eigenvalue weighted by molar-refractivity contribution is 6.31. The Morgan fingerprint density at radius 1 is 0.964 bits per heavy atom. The van der Waals surface area contributed by atoms with Gasteiger partial charge in [-0.15, -0.1) is 0 Å². The van der Waals surface area contributed by atoms with E-state index in [1.165, 1.54) is 19.3 Å². The predicted octanol–water partition coefficient (Wildman–Crippen LogP) is 5.39. The Labute approximate surface area is 169 Å². The molecule has 7 heteroatoms. The third-order valence-corrected chi connectivity index (χ3v) is 5.05. The van der Waals surface area contributed by atoms with Gasteiger partial charge in [0.15, 0.2) is 0 Å². The number of benzene rings is 1. The standard InChI is InChI=1S/C21H22ClN5O/c22-14-9-10-19(28)18(12-14)25-20-13-17(16-8-4-5-11-23-16)26-21(27-20)24-15-6-2-1-3-7-15/h4-5,8-13,15,28H,1-3,6-7H2,(H2,24,25,26,27). The number of phenolic OH excluding ortho intramolecular Hbond substituents is 1. The fourth-order valence-corrected chi connectivity index (χ4v) is 3.57. The summed E-state index contributed by atoms with van der Waals surface area (Å²) in [5, 5.41) is 17.3. The summed E-state index contributed by atoms with van der Waals surface area (Å²) < 4.78 is 0. The quantitative estimate of drug-likeness (QED) is 0.502. The molecule has 0 radical (unpaired) electrons. The number of halogens is 1. The minimum atomic E-state index is 0.101. The van der Waals surface area contributed by atoms with Crippen molar-refractivity contribution in [2.24, 2.45) is 0 Å². The van der Waals surface area contributed by atoms with Crippen molar-refractivity contribution >= 4 is 29.1 Å². The summed E-state index contributed by atoms with van der Waals surface area (Å²) in [5.74, 6) is 1.22. The Morgan fingerprint density at radius 2 is 1.82 bits per heavy atom. The zero-order chi connectivity index (χ0) is 19.3. The lowest BCUT2D eigenvalue weighted by Gasteiger charge is -2.23. The molecule has 0 amide bonds. The van der Waals surface area contributed by atoms with Gasteiger partial charge in [0.05, 0.1) is 17.1 Å². The van der Waals surface area contributed by atoms with Crippen molar-refractivity contribution in [1.82, 2.24) is 15.0 Å². The van der Waals surface area contributed by atoms with E-state index in [1.807, 2.05) is 24.3 Å². The van der Waals surface area contributed by atoms with Gasteiger partial charge in [-0.05, 0) is 43.2 Å². The highest BCUT2D eigenvalue weighted by Gasteiger charge is 2.16. The van der Waals surface area contributed by atoms with Gasteiger partial charge in [-0.3, -0.25) is 4.98 Å². The molecule has 2 heterocycles. The molecule has 1 aliphatic rings. The van der Waals surface area contributed by atoms with E-state index >= 15 is 0 Å². The molecule has 1 aromatic carbocycles. The third-order valence-electron chi connectivity index (χ3n) is 4.81. The Kier molecular flexibility index (Phi) is 5.58. The minimum absolute atomic E-state index is 0.101. The first-order valence-corrected chi connectivity index (χ1v) is 9.88. The van der Waals surface area contributed by atoms with Gasteiger partial charge in [0.25, 0.3) is 0 Å². The van der Waals surface area contributed by atoms with Crippen LogP contribution in [-0.4, -0.2) is 26.1 Å². The number of anilines is 3. The van der Waals surface area contributed by atoms with E-state index in [4.69, 9.17) is 11.6 Å². The third kappa shape index (κ3) is 4.51. The van der Waals surface area contributed by atoms with Crippen molar-refractivity contribution < 1.29 is 5.11 Å². The van der Waals surface area contributed by atoms with Crippen LogP contribution >= 0.6 is 11.6 Å². The molecule has 0 bridgehead atoms. The second-order valence-electron chi connectivity index (χ2n) is 6.94. The predicted molar refractivity (Wildman–Crippen MR) is 112 cm³/mol. The van der Waals surface area contributed by atoms with E-state index in [9.17, 15) is 5.11 Å². The molecule has 1 aliphatic carbocycles. The van der Waals surface area contributed by atoms with Crippen molar-refractivity contribution in [2.45, 2.75) is 38.1 Å². The number of aromatic hydroxyl groups is 1. The van der Waals surface area contributed by atoms with Crippen LogP contribution in [0.1, 0.15) is 32.1 Å². The number of nitrogens with zero attached hydrogens (tertiary/aromatic N) is 3. The van der Waals surface area contributed by atoms with Crippen molar-refractivity contribution in [3.8, 4) is 17.1 Å². The van der Waals surface area contributed by atoms with Gasteiger partial charge in [0.1, 0.15) is 11.6 Å². The molecule has 1 saturated carbocycles. The number of aromatic nitrogens is 3. The van der Waals surface area contributed by atoms with E-state index in [2.05, 4.69) is 25.6 Å². The largest absolute Gasteiger partial charge is 0.506 e. The molecule has 1 fully saturated rings. The zero-order valence-electron chi connectivity index (χ0n) is 15.4. The summed E-state index contributed by atoms with van der Waals surface area (Å²) in [7, 11) is 0. The Balaban J connectivity index is 1.67. The van der Waals surface area contributed by atoms with Gasteiger partial charge >= 0.3 is 0 Å². The summed E-state index contributed by atoms with van der Waals surface area (Å²) in [6.07, 6.45) is 7.71. The van der Waals surface area contributed by atoms with Crippen LogP contribution in [0.2, 0.25) is 5.02 Å². The fraction of sp³-hybridized carbons (Fsp3) is 0.286.